The van der Waals surface area contributed by atoms with Gasteiger partial charge in [-0.25, -0.2) is 4.98 Å². The van der Waals surface area contributed by atoms with Gasteiger partial charge in [0.25, 0.3) is 5.91 Å². The van der Waals surface area contributed by atoms with Gasteiger partial charge in [0.2, 0.25) is 0 Å². The van der Waals surface area contributed by atoms with Gasteiger partial charge in [-0.2, -0.15) is 0 Å². The van der Waals surface area contributed by atoms with Gasteiger partial charge in [0.15, 0.2) is 0 Å². The molecule has 0 aromatic carbocycles. The van der Waals surface area contributed by atoms with Crippen LogP contribution in [0.4, 0.5) is 5.82 Å². The van der Waals surface area contributed by atoms with E-state index in [2.05, 4.69) is 4.98 Å². The van der Waals surface area contributed by atoms with Crippen LogP contribution in [0.5, 0.6) is 0 Å². The molecule has 0 unspecified atom stereocenters. The smallest absolute Gasteiger partial charge is 0.255 e. The Morgan fingerprint density at radius 3 is 3.10 bits per heavy atom. The molecule has 1 fully saturated rings. The zero-order chi connectivity index (χ0) is 14.4. The number of carbonyl (C=O) groups excluding carboxylic acids is 1. The number of nitrogens with two attached hydrogens (primary N) is 1. The largest absolute Gasteiger partial charge is 0.385 e. The zero-order valence-corrected chi connectivity index (χ0v) is 12.0. The predicted octanol–water partition coefficient (Wildman–Crippen LogP) is 1.94. The molecule has 0 radical (unpaired) electrons. The summed E-state index contributed by atoms with van der Waals surface area (Å²) in [6.07, 6.45) is 6.02. The number of rotatable bonds is 5. The fraction of sp³-hybridized carbons (Fsp3) is 0.600. The van der Waals surface area contributed by atoms with E-state index in [0.29, 0.717) is 17.3 Å². The lowest BCUT2D eigenvalue weighted by molar-refractivity contribution is 0.0660. The number of ether oxygens (including phenoxy) is 1. The molecular weight excluding hydrogens is 254 g/mol. The lowest BCUT2D eigenvalue weighted by Crippen LogP contribution is -2.40. The highest BCUT2D eigenvalue weighted by molar-refractivity contribution is 5.94. The Morgan fingerprint density at radius 1 is 1.55 bits per heavy atom. The average Bonchev–Trinajstić information content (AvgIpc) is 2.48. The highest BCUT2D eigenvalue weighted by atomic mass is 16.5. The van der Waals surface area contributed by atoms with E-state index in [9.17, 15) is 4.79 Å². The maximum atomic E-state index is 12.4. The van der Waals surface area contributed by atoms with Crippen molar-refractivity contribution in [3.05, 3.63) is 23.9 Å². The first-order valence-electron chi connectivity index (χ1n) is 7.20. The van der Waals surface area contributed by atoms with E-state index < -0.39 is 0 Å². The molecule has 1 aromatic rings. The molecule has 5 nitrogen and oxygen atoms in total. The molecule has 1 atom stereocenters. The van der Waals surface area contributed by atoms with Gasteiger partial charge < -0.3 is 15.4 Å². The van der Waals surface area contributed by atoms with E-state index in [1.54, 1.807) is 25.4 Å². The third-order valence-electron chi connectivity index (χ3n) is 3.80. The number of nitrogen functional groups attached to an aromatic ring is 1. The number of hydrogen-bond donors (Lipinski definition) is 1. The molecule has 2 N–H and O–H groups in total. The summed E-state index contributed by atoms with van der Waals surface area (Å²) in [6.45, 7) is 2.48. The van der Waals surface area contributed by atoms with Gasteiger partial charge in [-0.1, -0.05) is 0 Å². The molecule has 1 saturated heterocycles. The van der Waals surface area contributed by atoms with Crippen LogP contribution in [0.1, 0.15) is 36.0 Å². The second-order valence-electron chi connectivity index (χ2n) is 5.37. The minimum atomic E-state index is 0.0638. The van der Waals surface area contributed by atoms with Crippen LogP contribution in [0.15, 0.2) is 18.3 Å². The first kappa shape index (κ1) is 14.8. The topological polar surface area (TPSA) is 68.5 Å². The van der Waals surface area contributed by atoms with Crippen molar-refractivity contribution >= 4 is 11.7 Å². The highest BCUT2D eigenvalue weighted by Gasteiger charge is 2.24. The molecule has 0 spiro atoms. The SMILES string of the molecule is COCCC[C@H]1CCCN(C(=O)c2ccc(N)nc2)C1. The number of piperidine rings is 1. The standard InChI is InChI=1S/C15H23N3O2/c1-20-9-3-5-12-4-2-8-18(11-12)15(19)13-6-7-14(16)17-10-13/h6-7,10,12H,2-5,8-9,11H2,1H3,(H2,16,17)/t12-/m1/s1. The van der Waals surface area contributed by atoms with E-state index in [1.807, 2.05) is 4.90 Å². The second-order valence-corrected chi connectivity index (χ2v) is 5.37. The number of methoxy groups -OCH3 is 1. The van der Waals surface area contributed by atoms with Crippen LogP contribution in [-0.4, -0.2) is 42.6 Å². The van der Waals surface area contributed by atoms with Gasteiger partial charge in [-0.05, 0) is 43.7 Å². The van der Waals surface area contributed by atoms with Crippen molar-refractivity contribution < 1.29 is 9.53 Å². The molecule has 20 heavy (non-hydrogen) atoms. The van der Waals surface area contributed by atoms with Gasteiger partial charge >= 0.3 is 0 Å². The zero-order valence-electron chi connectivity index (χ0n) is 12.0. The number of aromatic nitrogens is 1. The molecule has 5 heteroatoms. The Labute approximate surface area is 120 Å². The molecular formula is C15H23N3O2. The summed E-state index contributed by atoms with van der Waals surface area (Å²) >= 11 is 0. The third-order valence-corrected chi connectivity index (χ3v) is 3.80. The van der Waals surface area contributed by atoms with Gasteiger partial charge in [0.1, 0.15) is 5.82 Å². The maximum Gasteiger partial charge on any atom is 0.255 e. The number of hydrogen-bond acceptors (Lipinski definition) is 4. The summed E-state index contributed by atoms with van der Waals surface area (Å²) < 4.78 is 5.09. The number of amides is 1. The Balaban J connectivity index is 1.91. The molecule has 110 valence electrons. The van der Waals surface area contributed by atoms with Crippen LogP contribution in [0, 0.1) is 5.92 Å². The van der Waals surface area contributed by atoms with Crippen LogP contribution >= 0.6 is 0 Å². The predicted molar refractivity (Wildman–Crippen MR) is 78.4 cm³/mol. The van der Waals surface area contributed by atoms with Crippen molar-refractivity contribution in [2.75, 3.05) is 32.5 Å². The summed E-state index contributed by atoms with van der Waals surface area (Å²) in [5.74, 6) is 1.09. The van der Waals surface area contributed by atoms with Crippen molar-refractivity contribution in [1.82, 2.24) is 9.88 Å². The monoisotopic (exact) mass is 277 g/mol. The van der Waals surface area contributed by atoms with Crippen LogP contribution in [0.3, 0.4) is 0 Å². The van der Waals surface area contributed by atoms with Gasteiger partial charge in [0.05, 0.1) is 5.56 Å². The van der Waals surface area contributed by atoms with Crippen LogP contribution in [-0.2, 0) is 4.74 Å². The molecule has 1 aliphatic rings. The molecule has 1 amide bonds. The summed E-state index contributed by atoms with van der Waals surface area (Å²) in [5.41, 5.74) is 6.17. The minimum Gasteiger partial charge on any atom is -0.385 e. The lowest BCUT2D eigenvalue weighted by atomic mass is 9.93. The maximum absolute atomic E-state index is 12.4. The molecule has 0 bridgehead atoms. The Morgan fingerprint density at radius 2 is 2.40 bits per heavy atom. The Hall–Kier alpha value is -1.62. The fourth-order valence-electron chi connectivity index (χ4n) is 2.72. The lowest BCUT2D eigenvalue weighted by Gasteiger charge is -2.32. The van der Waals surface area contributed by atoms with Crippen LogP contribution < -0.4 is 5.73 Å². The highest BCUT2D eigenvalue weighted by Crippen LogP contribution is 2.22. The molecule has 0 aliphatic carbocycles. The quantitative estimate of drug-likeness (QED) is 0.835. The van der Waals surface area contributed by atoms with Gasteiger partial charge in [-0.3, -0.25) is 4.79 Å². The first-order chi connectivity index (χ1) is 9.70. The fourth-order valence-corrected chi connectivity index (χ4v) is 2.72. The van der Waals surface area contributed by atoms with E-state index in [4.69, 9.17) is 10.5 Å². The van der Waals surface area contributed by atoms with Crippen molar-refractivity contribution in [3.63, 3.8) is 0 Å². The Kier molecular flexibility index (Phi) is 5.35. The van der Waals surface area contributed by atoms with Crippen molar-refractivity contribution in [3.8, 4) is 0 Å². The summed E-state index contributed by atoms with van der Waals surface area (Å²) in [7, 11) is 1.73. The van der Waals surface area contributed by atoms with Crippen molar-refractivity contribution in [1.29, 1.82) is 0 Å². The van der Waals surface area contributed by atoms with Gasteiger partial charge in [-0.15, -0.1) is 0 Å². The van der Waals surface area contributed by atoms with E-state index in [0.717, 1.165) is 39.0 Å². The molecule has 0 saturated carbocycles. The molecule has 1 aromatic heterocycles. The summed E-state index contributed by atoms with van der Waals surface area (Å²) in [6, 6.07) is 3.42. The Bertz CT molecular complexity index is 433. The van der Waals surface area contributed by atoms with Crippen LogP contribution in [0.2, 0.25) is 0 Å². The number of likely N-dealkylation sites (tertiary alicyclic amines) is 1. The summed E-state index contributed by atoms with van der Waals surface area (Å²) in [5, 5.41) is 0. The molecule has 2 heterocycles. The number of carbonyl (C=O) groups is 1. The number of pyridine rings is 1. The first-order valence-corrected chi connectivity index (χ1v) is 7.20. The van der Waals surface area contributed by atoms with Gasteiger partial charge in [0, 0.05) is 33.0 Å². The molecule has 1 aliphatic heterocycles. The summed E-state index contributed by atoms with van der Waals surface area (Å²) in [4.78, 5) is 18.3. The van der Waals surface area contributed by atoms with Crippen LogP contribution in [0.25, 0.3) is 0 Å². The molecule has 2 rings (SSSR count). The van der Waals surface area contributed by atoms with E-state index in [1.165, 1.54) is 6.42 Å². The third kappa shape index (κ3) is 3.93. The second kappa shape index (κ2) is 7.24. The van der Waals surface area contributed by atoms with E-state index >= 15 is 0 Å². The van der Waals surface area contributed by atoms with E-state index in [-0.39, 0.29) is 5.91 Å². The minimum absolute atomic E-state index is 0.0638. The van der Waals surface area contributed by atoms with Crippen molar-refractivity contribution in [2.45, 2.75) is 25.7 Å². The number of nitrogens with zero attached hydrogens (tertiary/aromatic N) is 2. The average molecular weight is 277 g/mol. The normalized spacial score (nSPS) is 19.1. The number of anilines is 1. The van der Waals surface area contributed by atoms with Crippen molar-refractivity contribution in [2.24, 2.45) is 5.92 Å².